The van der Waals surface area contributed by atoms with E-state index in [0.29, 0.717) is 10.6 Å². The number of benzene rings is 1. The Labute approximate surface area is 105 Å². The third-order valence-electron chi connectivity index (χ3n) is 2.34. The Morgan fingerprint density at radius 3 is 2.59 bits per heavy atom. The van der Waals surface area contributed by atoms with Gasteiger partial charge in [-0.15, -0.1) is 0 Å². The van der Waals surface area contributed by atoms with Gasteiger partial charge in [-0.2, -0.15) is 0 Å². The maximum Gasteiger partial charge on any atom is 0.328 e. The molecule has 1 amide bonds. The summed E-state index contributed by atoms with van der Waals surface area (Å²) in [5.74, 6) is -0.804. The molecule has 0 aliphatic carbocycles. The fraction of sp³-hybridized carbons (Fsp3) is 0.333. The smallest absolute Gasteiger partial charge is 0.328 e. The van der Waals surface area contributed by atoms with Crippen molar-refractivity contribution >= 4 is 23.5 Å². The molecule has 0 spiro atoms. The van der Waals surface area contributed by atoms with E-state index in [1.165, 1.54) is 7.11 Å². The van der Waals surface area contributed by atoms with Gasteiger partial charge in [-0.3, -0.25) is 4.79 Å². The van der Waals surface area contributed by atoms with Crippen LogP contribution in [0.4, 0.5) is 0 Å². The van der Waals surface area contributed by atoms with Gasteiger partial charge >= 0.3 is 5.97 Å². The first-order valence-electron chi connectivity index (χ1n) is 5.10. The summed E-state index contributed by atoms with van der Waals surface area (Å²) in [6.45, 7) is 3.35. The van der Waals surface area contributed by atoms with Crippen molar-refractivity contribution < 1.29 is 14.3 Å². The molecule has 1 rings (SSSR count). The van der Waals surface area contributed by atoms with Gasteiger partial charge < -0.3 is 10.1 Å². The quantitative estimate of drug-likeness (QED) is 0.840. The highest BCUT2D eigenvalue weighted by molar-refractivity contribution is 6.30. The van der Waals surface area contributed by atoms with Gasteiger partial charge in [-0.25, -0.2) is 4.79 Å². The molecule has 1 aromatic rings. The third kappa shape index (κ3) is 3.46. The minimum Gasteiger partial charge on any atom is -0.467 e. The van der Waals surface area contributed by atoms with Crippen molar-refractivity contribution in [3.05, 3.63) is 34.3 Å². The highest BCUT2D eigenvalue weighted by Gasteiger charge is 2.17. The van der Waals surface area contributed by atoms with Crippen LogP contribution in [0.15, 0.2) is 18.2 Å². The number of carbonyl (C=O) groups excluding carboxylic acids is 2. The SMILES string of the molecule is COC(=O)C(C)NC(=O)c1ccc(Cl)cc1C. The molecule has 17 heavy (non-hydrogen) atoms. The topological polar surface area (TPSA) is 55.4 Å². The number of amides is 1. The number of halogens is 1. The average Bonchev–Trinajstić information content (AvgIpc) is 2.27. The van der Waals surface area contributed by atoms with Crippen LogP contribution in [-0.4, -0.2) is 25.0 Å². The number of hydrogen-bond acceptors (Lipinski definition) is 3. The Bertz CT molecular complexity index is 445. The molecule has 0 aromatic heterocycles. The lowest BCUT2D eigenvalue weighted by Crippen LogP contribution is -2.39. The molecule has 92 valence electrons. The van der Waals surface area contributed by atoms with Crippen molar-refractivity contribution in [1.29, 1.82) is 0 Å². The van der Waals surface area contributed by atoms with Crippen LogP contribution < -0.4 is 5.32 Å². The summed E-state index contributed by atoms with van der Waals surface area (Å²) in [6, 6.07) is 4.27. The van der Waals surface area contributed by atoms with Gasteiger partial charge in [0, 0.05) is 10.6 Å². The molecule has 0 aliphatic heterocycles. The van der Waals surface area contributed by atoms with Crippen LogP contribution in [-0.2, 0) is 9.53 Å². The summed E-state index contributed by atoms with van der Waals surface area (Å²) < 4.78 is 4.52. The standard InChI is InChI=1S/C12H14ClNO3/c1-7-6-9(13)4-5-10(7)11(15)14-8(2)12(16)17-3/h4-6,8H,1-3H3,(H,14,15). The van der Waals surface area contributed by atoms with Gasteiger partial charge in [-0.05, 0) is 37.6 Å². The van der Waals surface area contributed by atoms with E-state index < -0.39 is 12.0 Å². The van der Waals surface area contributed by atoms with E-state index >= 15 is 0 Å². The van der Waals surface area contributed by atoms with Crippen LogP contribution in [0.1, 0.15) is 22.8 Å². The Morgan fingerprint density at radius 1 is 1.41 bits per heavy atom. The molecule has 0 radical (unpaired) electrons. The van der Waals surface area contributed by atoms with Crippen LogP contribution in [0.3, 0.4) is 0 Å². The molecule has 0 saturated heterocycles. The van der Waals surface area contributed by atoms with E-state index in [1.807, 2.05) is 0 Å². The second-order valence-electron chi connectivity index (χ2n) is 3.68. The first-order chi connectivity index (χ1) is 7.95. The molecule has 1 unspecified atom stereocenters. The molecule has 4 nitrogen and oxygen atoms in total. The zero-order valence-corrected chi connectivity index (χ0v) is 10.7. The lowest BCUT2D eigenvalue weighted by atomic mass is 10.1. The van der Waals surface area contributed by atoms with E-state index in [0.717, 1.165) is 5.56 Å². The third-order valence-corrected chi connectivity index (χ3v) is 2.57. The second kappa shape index (κ2) is 5.68. The average molecular weight is 256 g/mol. The fourth-order valence-corrected chi connectivity index (χ4v) is 1.62. The highest BCUT2D eigenvalue weighted by atomic mass is 35.5. The molecule has 0 heterocycles. The van der Waals surface area contributed by atoms with Crippen LogP contribution in [0.5, 0.6) is 0 Å². The Kier molecular flexibility index (Phi) is 4.52. The summed E-state index contributed by atoms with van der Waals surface area (Å²) in [6.07, 6.45) is 0. The zero-order valence-electron chi connectivity index (χ0n) is 9.91. The number of hydrogen-bond donors (Lipinski definition) is 1. The van der Waals surface area contributed by atoms with E-state index in [1.54, 1.807) is 32.0 Å². The maximum atomic E-state index is 11.8. The molecule has 0 aliphatic rings. The summed E-state index contributed by atoms with van der Waals surface area (Å²) in [7, 11) is 1.28. The van der Waals surface area contributed by atoms with Crippen LogP contribution >= 0.6 is 11.6 Å². The number of rotatable bonds is 3. The molecule has 0 bridgehead atoms. The number of esters is 1. The van der Waals surface area contributed by atoms with E-state index in [-0.39, 0.29) is 5.91 Å². The molecule has 1 N–H and O–H groups in total. The summed E-state index contributed by atoms with van der Waals surface area (Å²) in [4.78, 5) is 23.0. The second-order valence-corrected chi connectivity index (χ2v) is 4.11. The van der Waals surface area contributed by atoms with Gasteiger partial charge in [0.15, 0.2) is 0 Å². The number of methoxy groups -OCH3 is 1. The van der Waals surface area contributed by atoms with E-state index in [9.17, 15) is 9.59 Å². The Morgan fingerprint density at radius 2 is 2.06 bits per heavy atom. The molecule has 0 fully saturated rings. The molecular formula is C12H14ClNO3. The van der Waals surface area contributed by atoms with Gasteiger partial charge in [0.25, 0.3) is 5.91 Å². The molecular weight excluding hydrogens is 242 g/mol. The largest absolute Gasteiger partial charge is 0.467 e. The Balaban J connectivity index is 2.80. The fourth-order valence-electron chi connectivity index (χ4n) is 1.39. The summed E-state index contributed by atoms with van der Waals surface area (Å²) >= 11 is 5.79. The van der Waals surface area contributed by atoms with Crippen LogP contribution in [0, 0.1) is 6.92 Å². The van der Waals surface area contributed by atoms with Crippen molar-refractivity contribution in [3.63, 3.8) is 0 Å². The van der Waals surface area contributed by atoms with E-state index in [4.69, 9.17) is 11.6 Å². The van der Waals surface area contributed by atoms with Gasteiger partial charge in [0.05, 0.1) is 7.11 Å². The van der Waals surface area contributed by atoms with Crippen molar-refractivity contribution in [3.8, 4) is 0 Å². The minimum absolute atomic E-state index is 0.322. The van der Waals surface area contributed by atoms with Crippen molar-refractivity contribution in [1.82, 2.24) is 5.32 Å². The first kappa shape index (κ1) is 13.5. The molecule has 1 aromatic carbocycles. The first-order valence-corrected chi connectivity index (χ1v) is 5.48. The molecule has 5 heteroatoms. The highest BCUT2D eigenvalue weighted by Crippen LogP contribution is 2.15. The number of nitrogens with one attached hydrogen (secondary N) is 1. The summed E-state index contributed by atoms with van der Waals surface area (Å²) in [5.41, 5.74) is 1.25. The lowest BCUT2D eigenvalue weighted by Gasteiger charge is -2.12. The van der Waals surface area contributed by atoms with Crippen molar-refractivity contribution in [2.24, 2.45) is 0 Å². The molecule has 0 saturated carbocycles. The monoisotopic (exact) mass is 255 g/mol. The van der Waals surface area contributed by atoms with Crippen molar-refractivity contribution in [2.45, 2.75) is 19.9 Å². The number of ether oxygens (including phenoxy) is 1. The minimum atomic E-state index is -0.678. The van der Waals surface area contributed by atoms with Gasteiger partial charge in [0.1, 0.15) is 6.04 Å². The Hall–Kier alpha value is -1.55. The van der Waals surface area contributed by atoms with Crippen LogP contribution in [0.2, 0.25) is 5.02 Å². The summed E-state index contributed by atoms with van der Waals surface area (Å²) in [5, 5.41) is 3.12. The number of aryl methyl sites for hydroxylation is 1. The predicted molar refractivity (Wildman–Crippen MR) is 65.1 cm³/mol. The zero-order chi connectivity index (χ0) is 13.0. The van der Waals surface area contributed by atoms with Gasteiger partial charge in [0.2, 0.25) is 0 Å². The molecule has 1 atom stereocenters. The van der Waals surface area contributed by atoms with Gasteiger partial charge in [-0.1, -0.05) is 11.6 Å². The maximum absolute atomic E-state index is 11.8. The normalized spacial score (nSPS) is 11.8. The number of carbonyl (C=O) groups is 2. The lowest BCUT2D eigenvalue weighted by molar-refractivity contribution is -0.142. The van der Waals surface area contributed by atoms with Crippen LogP contribution in [0.25, 0.3) is 0 Å². The van der Waals surface area contributed by atoms with Crippen molar-refractivity contribution in [2.75, 3.05) is 7.11 Å². The predicted octanol–water partition coefficient (Wildman–Crippen LogP) is 1.94. The van der Waals surface area contributed by atoms with E-state index in [2.05, 4.69) is 10.1 Å².